The summed E-state index contributed by atoms with van der Waals surface area (Å²) in [5.74, 6) is 0.413. The lowest BCUT2D eigenvalue weighted by Gasteiger charge is -2.17. The summed E-state index contributed by atoms with van der Waals surface area (Å²) in [5, 5.41) is 14.0. The van der Waals surface area contributed by atoms with Gasteiger partial charge in [-0.1, -0.05) is 19.1 Å². The molecular formula is C13H20N2O3. The highest BCUT2D eigenvalue weighted by Gasteiger charge is 2.11. The summed E-state index contributed by atoms with van der Waals surface area (Å²) in [5.41, 5.74) is 1.06. The third-order valence-corrected chi connectivity index (χ3v) is 2.80. The van der Waals surface area contributed by atoms with Crippen molar-refractivity contribution in [3.8, 4) is 0 Å². The Kier molecular flexibility index (Phi) is 5.74. The number of non-ortho nitro benzene ring substituents is 1. The standard InChI is InChI=1S/C13H20N2O3/c1-10(9-18-3)8-14-11(2)12-5-4-6-13(7-12)15(16)17/h4-7,10-11,14H,8-9H2,1-3H3. The molecule has 100 valence electrons. The van der Waals surface area contributed by atoms with Gasteiger partial charge in [0.05, 0.1) is 4.92 Å². The van der Waals surface area contributed by atoms with E-state index in [4.69, 9.17) is 4.74 Å². The molecule has 0 fully saturated rings. The minimum atomic E-state index is -0.371. The zero-order valence-electron chi connectivity index (χ0n) is 11.1. The van der Waals surface area contributed by atoms with Crippen molar-refractivity contribution in [3.63, 3.8) is 0 Å². The van der Waals surface area contributed by atoms with Gasteiger partial charge in [-0.15, -0.1) is 0 Å². The van der Waals surface area contributed by atoms with Gasteiger partial charge in [-0.3, -0.25) is 10.1 Å². The van der Waals surface area contributed by atoms with Gasteiger partial charge >= 0.3 is 0 Å². The second-order valence-corrected chi connectivity index (χ2v) is 4.54. The highest BCUT2D eigenvalue weighted by atomic mass is 16.6. The molecular weight excluding hydrogens is 232 g/mol. The highest BCUT2D eigenvalue weighted by Crippen LogP contribution is 2.18. The van der Waals surface area contributed by atoms with Crippen molar-refractivity contribution in [3.05, 3.63) is 39.9 Å². The molecule has 0 aliphatic heterocycles. The first-order valence-electron chi connectivity index (χ1n) is 6.01. The van der Waals surface area contributed by atoms with Crippen molar-refractivity contribution < 1.29 is 9.66 Å². The predicted octanol–water partition coefficient (Wildman–Crippen LogP) is 2.53. The second-order valence-electron chi connectivity index (χ2n) is 4.54. The van der Waals surface area contributed by atoms with Crippen LogP contribution in [-0.4, -0.2) is 25.2 Å². The fourth-order valence-electron chi connectivity index (χ4n) is 1.75. The van der Waals surface area contributed by atoms with Gasteiger partial charge < -0.3 is 10.1 Å². The third-order valence-electron chi connectivity index (χ3n) is 2.80. The van der Waals surface area contributed by atoms with E-state index in [1.54, 1.807) is 19.2 Å². The molecule has 0 saturated carbocycles. The van der Waals surface area contributed by atoms with Crippen molar-refractivity contribution in [1.82, 2.24) is 5.32 Å². The third kappa shape index (κ3) is 4.43. The quantitative estimate of drug-likeness (QED) is 0.598. The number of nitro benzene ring substituents is 1. The molecule has 0 amide bonds. The van der Waals surface area contributed by atoms with Gasteiger partial charge in [0.1, 0.15) is 0 Å². The molecule has 1 aromatic carbocycles. The average molecular weight is 252 g/mol. The molecule has 0 spiro atoms. The van der Waals surface area contributed by atoms with Crippen LogP contribution in [0.4, 0.5) is 5.69 Å². The van der Waals surface area contributed by atoms with Crippen LogP contribution in [0.15, 0.2) is 24.3 Å². The van der Waals surface area contributed by atoms with Gasteiger partial charge in [0.15, 0.2) is 0 Å². The van der Waals surface area contributed by atoms with E-state index in [1.165, 1.54) is 6.07 Å². The van der Waals surface area contributed by atoms with Crippen LogP contribution in [0.2, 0.25) is 0 Å². The Morgan fingerprint density at radius 2 is 2.17 bits per heavy atom. The number of hydrogen-bond donors (Lipinski definition) is 1. The van der Waals surface area contributed by atoms with E-state index in [0.717, 1.165) is 12.1 Å². The molecule has 0 aliphatic carbocycles. The van der Waals surface area contributed by atoms with Crippen LogP contribution in [0.3, 0.4) is 0 Å². The Bertz CT molecular complexity index is 396. The summed E-state index contributed by atoms with van der Waals surface area (Å²) in [6.45, 7) is 5.61. The van der Waals surface area contributed by atoms with Crippen LogP contribution in [0, 0.1) is 16.0 Å². The molecule has 1 aromatic rings. The monoisotopic (exact) mass is 252 g/mol. The number of hydrogen-bond acceptors (Lipinski definition) is 4. The zero-order valence-corrected chi connectivity index (χ0v) is 11.1. The number of nitro groups is 1. The SMILES string of the molecule is COCC(C)CNC(C)c1cccc([N+](=O)[O-])c1. The number of methoxy groups -OCH3 is 1. The summed E-state index contributed by atoms with van der Waals surface area (Å²) in [6.07, 6.45) is 0. The molecule has 0 radical (unpaired) electrons. The van der Waals surface area contributed by atoms with Crippen LogP contribution >= 0.6 is 0 Å². The lowest BCUT2D eigenvalue weighted by Crippen LogP contribution is -2.26. The molecule has 0 aromatic heterocycles. The molecule has 2 unspecified atom stereocenters. The van der Waals surface area contributed by atoms with Crippen LogP contribution in [0.5, 0.6) is 0 Å². The molecule has 5 heteroatoms. The maximum absolute atomic E-state index is 10.7. The topological polar surface area (TPSA) is 64.4 Å². The van der Waals surface area contributed by atoms with Gasteiger partial charge in [0.25, 0.3) is 5.69 Å². The minimum absolute atomic E-state index is 0.0872. The van der Waals surface area contributed by atoms with Gasteiger partial charge in [-0.2, -0.15) is 0 Å². The van der Waals surface area contributed by atoms with Crippen LogP contribution < -0.4 is 5.32 Å². The smallest absolute Gasteiger partial charge is 0.269 e. The Morgan fingerprint density at radius 1 is 1.44 bits per heavy atom. The van der Waals surface area contributed by atoms with Gasteiger partial charge in [-0.05, 0) is 18.4 Å². The molecule has 1 rings (SSSR count). The summed E-state index contributed by atoms with van der Waals surface area (Å²) in [7, 11) is 1.68. The van der Waals surface area contributed by atoms with Crippen molar-refractivity contribution in [2.45, 2.75) is 19.9 Å². The first-order valence-corrected chi connectivity index (χ1v) is 6.01. The largest absolute Gasteiger partial charge is 0.384 e. The van der Waals surface area contributed by atoms with Crippen LogP contribution in [-0.2, 0) is 4.74 Å². The first kappa shape index (κ1) is 14.6. The van der Waals surface area contributed by atoms with E-state index in [-0.39, 0.29) is 16.7 Å². The minimum Gasteiger partial charge on any atom is -0.384 e. The summed E-state index contributed by atoms with van der Waals surface area (Å²) < 4.78 is 5.06. The van der Waals surface area contributed by atoms with Crippen molar-refractivity contribution in [1.29, 1.82) is 0 Å². The van der Waals surface area contributed by atoms with Crippen LogP contribution in [0.25, 0.3) is 0 Å². The Hall–Kier alpha value is -1.46. The predicted molar refractivity (Wildman–Crippen MR) is 70.6 cm³/mol. The summed E-state index contributed by atoms with van der Waals surface area (Å²) in [4.78, 5) is 10.3. The van der Waals surface area contributed by atoms with E-state index in [2.05, 4.69) is 12.2 Å². The van der Waals surface area contributed by atoms with Gasteiger partial charge in [-0.25, -0.2) is 0 Å². The van der Waals surface area contributed by atoms with Crippen molar-refractivity contribution in [2.24, 2.45) is 5.92 Å². The van der Waals surface area contributed by atoms with Crippen molar-refractivity contribution in [2.75, 3.05) is 20.3 Å². The molecule has 5 nitrogen and oxygen atoms in total. The first-order chi connectivity index (χ1) is 8.54. The second kappa shape index (κ2) is 7.08. The van der Waals surface area contributed by atoms with E-state index in [0.29, 0.717) is 12.5 Å². The lowest BCUT2D eigenvalue weighted by atomic mass is 10.1. The number of benzene rings is 1. The fourth-order valence-corrected chi connectivity index (χ4v) is 1.75. The molecule has 0 bridgehead atoms. The normalized spacial score (nSPS) is 14.2. The zero-order chi connectivity index (χ0) is 13.5. The van der Waals surface area contributed by atoms with E-state index < -0.39 is 0 Å². The van der Waals surface area contributed by atoms with Gasteiger partial charge in [0, 0.05) is 38.4 Å². The van der Waals surface area contributed by atoms with E-state index >= 15 is 0 Å². The molecule has 0 aliphatic rings. The molecule has 0 heterocycles. The molecule has 1 N–H and O–H groups in total. The number of nitrogens with zero attached hydrogens (tertiary/aromatic N) is 1. The maximum atomic E-state index is 10.7. The fraction of sp³-hybridized carbons (Fsp3) is 0.538. The van der Waals surface area contributed by atoms with Crippen LogP contribution in [0.1, 0.15) is 25.5 Å². The number of rotatable bonds is 7. The Balaban J connectivity index is 2.58. The molecule has 2 atom stereocenters. The maximum Gasteiger partial charge on any atom is 0.269 e. The average Bonchev–Trinajstić information content (AvgIpc) is 2.36. The van der Waals surface area contributed by atoms with E-state index in [9.17, 15) is 10.1 Å². The highest BCUT2D eigenvalue weighted by molar-refractivity contribution is 5.35. The summed E-state index contributed by atoms with van der Waals surface area (Å²) >= 11 is 0. The Morgan fingerprint density at radius 3 is 2.78 bits per heavy atom. The van der Waals surface area contributed by atoms with Crippen molar-refractivity contribution >= 4 is 5.69 Å². The number of ether oxygens (including phenoxy) is 1. The lowest BCUT2D eigenvalue weighted by molar-refractivity contribution is -0.384. The molecule has 0 saturated heterocycles. The van der Waals surface area contributed by atoms with Gasteiger partial charge in [0.2, 0.25) is 0 Å². The molecule has 18 heavy (non-hydrogen) atoms. The summed E-state index contributed by atoms with van der Waals surface area (Å²) in [6, 6.07) is 6.81. The number of nitrogens with one attached hydrogen (secondary N) is 1. The Labute approximate surface area is 107 Å². The van der Waals surface area contributed by atoms with E-state index in [1.807, 2.05) is 13.0 Å².